The van der Waals surface area contributed by atoms with Crippen molar-refractivity contribution in [3.8, 4) is 11.4 Å². The molecule has 30 heavy (non-hydrogen) atoms. The first-order valence-electron chi connectivity index (χ1n) is 9.54. The average molecular weight is 465 g/mol. The molecule has 160 valence electrons. The maximum absolute atomic E-state index is 12.6. The van der Waals surface area contributed by atoms with E-state index in [1.807, 2.05) is 25.3 Å². The van der Waals surface area contributed by atoms with Crippen molar-refractivity contribution >= 4 is 51.3 Å². The van der Waals surface area contributed by atoms with Gasteiger partial charge in [0.1, 0.15) is 5.00 Å². The first kappa shape index (κ1) is 22.5. The first-order chi connectivity index (χ1) is 14.3. The number of nitrogens with zero attached hydrogens (tertiary/aromatic N) is 3. The molecular weight excluding hydrogens is 440 g/mol. The van der Waals surface area contributed by atoms with Crippen LogP contribution in [0, 0.1) is 20.8 Å². The lowest BCUT2D eigenvalue weighted by atomic mass is 10.1. The zero-order chi connectivity index (χ0) is 21.8. The number of carbonyl (C=O) groups excluding carboxylic acids is 2. The fourth-order valence-corrected chi connectivity index (χ4v) is 5.46. The van der Waals surface area contributed by atoms with Gasteiger partial charge in [-0.15, -0.1) is 32.9 Å². The normalized spacial score (nSPS) is 11.0. The van der Waals surface area contributed by atoms with Crippen LogP contribution in [0.5, 0.6) is 0 Å². The number of thiophene rings is 2. The number of amides is 1. The number of esters is 1. The highest BCUT2D eigenvalue weighted by Crippen LogP contribution is 2.33. The molecule has 0 atom stereocenters. The number of anilines is 1. The molecular formula is C20H24N4O3S3. The van der Waals surface area contributed by atoms with Crippen LogP contribution in [-0.2, 0) is 16.1 Å². The third kappa shape index (κ3) is 4.76. The number of nitrogens with one attached hydrogen (secondary N) is 1. The Morgan fingerprint density at radius 2 is 2.00 bits per heavy atom. The van der Waals surface area contributed by atoms with Crippen LogP contribution >= 0.6 is 34.4 Å². The molecule has 3 rings (SSSR count). The minimum absolute atomic E-state index is 0.166. The Labute approximate surface area is 187 Å². The second kappa shape index (κ2) is 9.76. The number of carbonyl (C=O) groups is 2. The largest absolute Gasteiger partial charge is 0.462 e. The van der Waals surface area contributed by atoms with Crippen LogP contribution < -0.4 is 5.32 Å². The van der Waals surface area contributed by atoms with E-state index in [0.29, 0.717) is 22.3 Å². The summed E-state index contributed by atoms with van der Waals surface area (Å²) in [7, 11) is 0. The molecule has 0 saturated heterocycles. The van der Waals surface area contributed by atoms with Crippen molar-refractivity contribution in [2.24, 2.45) is 0 Å². The number of hydrogen-bond acceptors (Lipinski definition) is 8. The number of ether oxygens (including phenoxy) is 1. The van der Waals surface area contributed by atoms with E-state index in [9.17, 15) is 9.59 Å². The molecule has 3 heterocycles. The van der Waals surface area contributed by atoms with Gasteiger partial charge in [0, 0.05) is 27.2 Å². The van der Waals surface area contributed by atoms with E-state index >= 15 is 0 Å². The van der Waals surface area contributed by atoms with Crippen LogP contribution in [0.4, 0.5) is 5.00 Å². The second-order valence-electron chi connectivity index (χ2n) is 6.54. The van der Waals surface area contributed by atoms with Gasteiger partial charge in [-0.05, 0) is 46.2 Å². The lowest BCUT2D eigenvalue weighted by Gasteiger charge is -2.08. The summed E-state index contributed by atoms with van der Waals surface area (Å²) in [6, 6.07) is 2.08. The Morgan fingerprint density at radius 3 is 2.63 bits per heavy atom. The predicted molar refractivity (Wildman–Crippen MR) is 123 cm³/mol. The minimum atomic E-state index is -0.413. The molecule has 0 spiro atoms. The Bertz CT molecular complexity index is 1070. The van der Waals surface area contributed by atoms with Gasteiger partial charge >= 0.3 is 5.97 Å². The smallest absolute Gasteiger partial charge is 0.341 e. The van der Waals surface area contributed by atoms with Crippen molar-refractivity contribution in [2.45, 2.75) is 46.3 Å². The van der Waals surface area contributed by atoms with Gasteiger partial charge in [-0.25, -0.2) is 4.79 Å². The van der Waals surface area contributed by atoms with E-state index < -0.39 is 5.97 Å². The highest BCUT2D eigenvalue weighted by molar-refractivity contribution is 7.99. The lowest BCUT2D eigenvalue weighted by Crippen LogP contribution is -2.17. The minimum Gasteiger partial charge on any atom is -0.462 e. The van der Waals surface area contributed by atoms with E-state index in [1.54, 1.807) is 18.3 Å². The van der Waals surface area contributed by atoms with Crippen LogP contribution in [0.25, 0.3) is 11.4 Å². The van der Waals surface area contributed by atoms with Crippen molar-refractivity contribution in [1.29, 1.82) is 0 Å². The molecule has 3 aromatic heterocycles. The van der Waals surface area contributed by atoms with Crippen LogP contribution in [0.15, 0.2) is 16.6 Å². The van der Waals surface area contributed by atoms with E-state index in [-0.39, 0.29) is 18.3 Å². The van der Waals surface area contributed by atoms with E-state index in [4.69, 9.17) is 4.74 Å². The molecule has 1 amide bonds. The van der Waals surface area contributed by atoms with E-state index in [2.05, 4.69) is 33.9 Å². The molecule has 0 aliphatic rings. The zero-order valence-corrected chi connectivity index (χ0v) is 20.0. The van der Waals surface area contributed by atoms with Crippen molar-refractivity contribution in [3.05, 3.63) is 32.3 Å². The first-order valence-corrected chi connectivity index (χ1v) is 12.2. The lowest BCUT2D eigenvalue weighted by molar-refractivity contribution is -0.113. The third-order valence-electron chi connectivity index (χ3n) is 4.47. The van der Waals surface area contributed by atoms with Crippen LogP contribution in [0.2, 0.25) is 0 Å². The molecule has 0 aliphatic carbocycles. The topological polar surface area (TPSA) is 86.1 Å². The quantitative estimate of drug-likeness (QED) is 0.376. The van der Waals surface area contributed by atoms with Crippen molar-refractivity contribution in [2.75, 3.05) is 17.7 Å². The molecule has 0 aromatic carbocycles. The van der Waals surface area contributed by atoms with Gasteiger partial charge in [0.25, 0.3) is 0 Å². The summed E-state index contributed by atoms with van der Waals surface area (Å²) >= 11 is 4.38. The Kier molecular flexibility index (Phi) is 7.32. The van der Waals surface area contributed by atoms with Crippen molar-refractivity contribution in [3.63, 3.8) is 0 Å². The molecule has 10 heteroatoms. The summed E-state index contributed by atoms with van der Waals surface area (Å²) in [5.41, 5.74) is 2.30. The zero-order valence-electron chi connectivity index (χ0n) is 17.6. The van der Waals surface area contributed by atoms with Gasteiger partial charge in [0.05, 0.1) is 17.9 Å². The summed E-state index contributed by atoms with van der Waals surface area (Å²) in [6.07, 6.45) is 0. The summed E-state index contributed by atoms with van der Waals surface area (Å²) in [6.45, 7) is 10.6. The predicted octanol–water partition coefficient (Wildman–Crippen LogP) is 4.92. The highest BCUT2D eigenvalue weighted by Gasteiger charge is 2.22. The highest BCUT2D eigenvalue weighted by atomic mass is 32.2. The van der Waals surface area contributed by atoms with Gasteiger partial charge in [-0.1, -0.05) is 11.8 Å². The van der Waals surface area contributed by atoms with Crippen molar-refractivity contribution < 1.29 is 14.3 Å². The molecule has 1 N–H and O–H groups in total. The van der Waals surface area contributed by atoms with Crippen molar-refractivity contribution in [1.82, 2.24) is 14.8 Å². The maximum atomic E-state index is 12.6. The maximum Gasteiger partial charge on any atom is 0.341 e. The monoisotopic (exact) mass is 464 g/mol. The Morgan fingerprint density at radius 1 is 1.23 bits per heavy atom. The number of hydrogen-bond donors (Lipinski definition) is 1. The average Bonchev–Trinajstić information content (AvgIpc) is 3.38. The number of aromatic nitrogens is 3. The van der Waals surface area contributed by atoms with Gasteiger partial charge in [-0.2, -0.15) is 0 Å². The van der Waals surface area contributed by atoms with Gasteiger partial charge in [0.15, 0.2) is 11.0 Å². The van der Waals surface area contributed by atoms with E-state index in [0.717, 1.165) is 21.8 Å². The molecule has 0 aliphatic heterocycles. The summed E-state index contributed by atoms with van der Waals surface area (Å²) in [4.78, 5) is 27.1. The molecule has 0 radical (unpaired) electrons. The Hall–Kier alpha value is -2.17. The summed E-state index contributed by atoms with van der Waals surface area (Å²) in [5, 5.41) is 14.7. The molecule has 7 nitrogen and oxygen atoms in total. The second-order valence-corrected chi connectivity index (χ2v) is 9.82. The Balaban J connectivity index is 1.71. The van der Waals surface area contributed by atoms with Crippen LogP contribution in [-0.4, -0.2) is 39.0 Å². The molecule has 3 aromatic rings. The standard InChI is InChI=1S/C20H24N4O3S3/c1-6-24-17(14-8-11(3)28-9-14)22-23-20(24)29-10-15(25)21-18-16(19(26)27-7-2)12(4)13(5)30-18/h8-9H,6-7,10H2,1-5H3,(H,21,25). The number of rotatable bonds is 8. The summed E-state index contributed by atoms with van der Waals surface area (Å²) < 4.78 is 7.14. The third-order valence-corrected chi connectivity index (χ3v) is 7.42. The van der Waals surface area contributed by atoms with E-state index in [1.165, 1.54) is 28.0 Å². The number of thioether (sulfide) groups is 1. The summed E-state index contributed by atoms with van der Waals surface area (Å²) in [5.74, 6) is 0.354. The molecule has 0 fully saturated rings. The number of aryl methyl sites for hydroxylation is 2. The van der Waals surface area contributed by atoms with Crippen LogP contribution in [0.1, 0.15) is 39.5 Å². The van der Waals surface area contributed by atoms with Gasteiger partial charge in [-0.3, -0.25) is 4.79 Å². The van der Waals surface area contributed by atoms with Gasteiger partial charge in [0.2, 0.25) is 5.91 Å². The fourth-order valence-electron chi connectivity index (χ4n) is 2.91. The van der Waals surface area contributed by atoms with Gasteiger partial charge < -0.3 is 14.6 Å². The molecule has 0 unspecified atom stereocenters. The SMILES string of the molecule is CCOC(=O)c1c(NC(=O)CSc2nnc(-c3csc(C)c3)n2CC)sc(C)c1C. The molecule has 0 saturated carbocycles. The van der Waals surface area contributed by atoms with Crippen LogP contribution in [0.3, 0.4) is 0 Å². The molecule has 0 bridgehead atoms. The fraction of sp³-hybridized carbons (Fsp3) is 0.400.